The number of hydrogen-bond acceptors (Lipinski definition) is 5. The SMILES string of the molecule is CC(C)(C)c1cc(-c2ccccc2)c2c(c1)-c1cccc(c1)-c1ccc3oc4ccc(cc4c3c1)-c1cccc(c1)-c1cc(C(C)(C)C)cc(-c3ccccc3)c1N1c3cc(-n4c5ccccc5c5cc6c(cc54)sc4ccccc46)ccc3B3c4ccc(-n5c6ccccc6c6cc7c(cc65)sc5ccccc57)cc4N2c2cc(C(C)(C)C)cc1c23. The molecule has 0 atom stereocenters. The molecule has 25 rings (SSSR count). The maximum Gasteiger partial charge on any atom is 0.252 e. The van der Waals surface area contributed by atoms with Crippen LogP contribution in [0, 0.1) is 0 Å². The minimum Gasteiger partial charge on any atom is -0.456 e. The van der Waals surface area contributed by atoms with E-state index < -0.39 is 5.41 Å². The molecule has 122 heavy (non-hydrogen) atoms. The second-order valence-corrected chi connectivity index (χ2v) is 39.3. The Balaban J connectivity index is 0.875. The predicted octanol–water partition coefficient (Wildman–Crippen LogP) is 30.8. The third-order valence-electron chi connectivity index (χ3n) is 26.8. The van der Waals surface area contributed by atoms with Crippen molar-refractivity contribution in [2.75, 3.05) is 9.80 Å². The quantitative estimate of drug-likeness (QED) is 0.165. The van der Waals surface area contributed by atoms with E-state index in [4.69, 9.17) is 4.42 Å². The predicted molar refractivity (Wildman–Crippen MR) is 524 cm³/mol. The zero-order valence-corrected chi connectivity index (χ0v) is 71.1. The lowest BCUT2D eigenvalue weighted by Crippen LogP contribution is -2.61. The van der Waals surface area contributed by atoms with Crippen molar-refractivity contribution in [2.24, 2.45) is 0 Å². The van der Waals surface area contributed by atoms with Crippen molar-refractivity contribution < 1.29 is 4.42 Å². The van der Waals surface area contributed by atoms with Crippen LogP contribution in [0.15, 0.2) is 344 Å². The fourth-order valence-electron chi connectivity index (χ4n) is 20.7. The third kappa shape index (κ3) is 10.7. The molecule has 0 spiro atoms. The van der Waals surface area contributed by atoms with Crippen LogP contribution in [0.5, 0.6) is 0 Å². The Kier molecular flexibility index (Phi) is 15.1. The number of furan rings is 1. The van der Waals surface area contributed by atoms with Crippen LogP contribution in [0.2, 0.25) is 0 Å². The zero-order valence-electron chi connectivity index (χ0n) is 69.4. The van der Waals surface area contributed by atoms with Gasteiger partial charge in [-0.2, -0.15) is 0 Å². The largest absolute Gasteiger partial charge is 0.456 e. The Hall–Kier alpha value is -13.8. The second kappa shape index (κ2) is 25.9. The molecular weight excluding hydrogens is 1520 g/mol. The van der Waals surface area contributed by atoms with Crippen molar-refractivity contribution in [3.8, 4) is 78.1 Å². The molecule has 3 aliphatic heterocycles. The van der Waals surface area contributed by atoms with Crippen molar-refractivity contribution in [2.45, 2.75) is 78.6 Å². The first-order chi connectivity index (χ1) is 59.3. The van der Waals surface area contributed by atoms with Crippen LogP contribution >= 0.6 is 22.7 Å². The van der Waals surface area contributed by atoms with Gasteiger partial charge in [-0.25, -0.2) is 0 Å². The summed E-state index contributed by atoms with van der Waals surface area (Å²) in [5.74, 6) is 0. The van der Waals surface area contributed by atoms with Crippen LogP contribution in [-0.2, 0) is 16.2 Å². The van der Waals surface area contributed by atoms with Gasteiger partial charge < -0.3 is 23.4 Å². The van der Waals surface area contributed by atoms with E-state index in [9.17, 15) is 0 Å². The first-order valence-corrected chi connectivity index (χ1v) is 44.4. The van der Waals surface area contributed by atoms with Gasteiger partial charge in [-0.1, -0.05) is 256 Å². The van der Waals surface area contributed by atoms with Gasteiger partial charge in [-0.05, 0) is 239 Å². The van der Waals surface area contributed by atoms with Gasteiger partial charge in [0.1, 0.15) is 11.2 Å². The molecule has 13 bridgehead atoms. The highest BCUT2D eigenvalue weighted by Gasteiger charge is 2.47. The number of anilines is 6. The minimum atomic E-state index is -0.391. The molecule has 8 heterocycles. The summed E-state index contributed by atoms with van der Waals surface area (Å²) in [6, 6.07) is 132. The molecule has 5 aromatic heterocycles. The van der Waals surface area contributed by atoms with Gasteiger partial charge in [-0.3, -0.25) is 0 Å². The highest BCUT2D eigenvalue weighted by Crippen LogP contribution is 2.57. The van der Waals surface area contributed by atoms with Crippen LogP contribution in [-0.4, -0.2) is 15.8 Å². The standard InChI is InChI=1S/C114H83BN4OS2/c1-112(2,3)74-54-83(66-26-12-10-13-27-66)110-85(56-74)72-32-24-30-68(50-72)70-42-48-103-89(52-70)90-53-71(43-49-104(90)120-103)69-31-25-33-73(51-69)86-57-75(113(4,5)6)55-84(67-28-14-11-15-29-67)111(86)119-100-61-78(117-96-39-21-17-35-80(96)88-63-92-82-37-19-23-41-106(82)122-108(92)65-98(88)117)45-47-94(100)115-93-46-44-77(60-99(93)118(110)101-58-76(114(7,8)9)59-102(119)109(101)115)116-95-38-20-16-34-79(95)87-62-91-81-36-18-22-40-105(81)121-107(91)64-97(87)116/h10-65H,1-9H3. The molecule has 5 nitrogen and oxygen atoms in total. The number of fused-ring (bicyclic) bond motifs is 32. The van der Waals surface area contributed by atoms with E-state index in [0.717, 1.165) is 145 Å². The van der Waals surface area contributed by atoms with Crippen molar-refractivity contribution >= 4 is 186 Å². The smallest absolute Gasteiger partial charge is 0.252 e. The maximum absolute atomic E-state index is 6.87. The molecule has 3 aliphatic rings. The number of rotatable bonds is 4. The molecule has 22 aromatic rings. The maximum atomic E-state index is 6.87. The summed E-state index contributed by atoms with van der Waals surface area (Å²) in [4.78, 5) is 5.55. The van der Waals surface area contributed by atoms with Gasteiger partial charge in [0.05, 0.1) is 33.4 Å². The first-order valence-electron chi connectivity index (χ1n) is 42.8. The number of benzene rings is 17. The van der Waals surface area contributed by atoms with Gasteiger partial charge in [0.25, 0.3) is 6.71 Å². The van der Waals surface area contributed by atoms with E-state index >= 15 is 0 Å². The lowest BCUT2D eigenvalue weighted by atomic mass is 9.33. The fraction of sp³-hybridized carbons (Fsp3) is 0.105. The Labute approximate surface area is 716 Å². The molecule has 0 radical (unpaired) electrons. The van der Waals surface area contributed by atoms with Crippen molar-refractivity contribution in [3.63, 3.8) is 0 Å². The summed E-state index contributed by atoms with van der Waals surface area (Å²) in [5.41, 5.74) is 35.3. The van der Waals surface area contributed by atoms with Crippen molar-refractivity contribution in [1.29, 1.82) is 0 Å². The topological polar surface area (TPSA) is 29.5 Å². The van der Waals surface area contributed by atoms with E-state index in [1.54, 1.807) is 0 Å². The summed E-state index contributed by atoms with van der Waals surface area (Å²) in [7, 11) is 0. The van der Waals surface area contributed by atoms with E-state index in [-0.39, 0.29) is 17.5 Å². The summed E-state index contributed by atoms with van der Waals surface area (Å²) < 4.78 is 17.1. The fourth-order valence-corrected chi connectivity index (χ4v) is 22.9. The Morgan fingerprint density at radius 1 is 0.246 bits per heavy atom. The molecule has 0 saturated heterocycles. The number of aromatic nitrogens is 2. The summed E-state index contributed by atoms with van der Waals surface area (Å²) in [6.07, 6.45) is 0. The van der Waals surface area contributed by atoms with Gasteiger partial charge in [0, 0.05) is 129 Å². The molecule has 0 fully saturated rings. The summed E-state index contributed by atoms with van der Waals surface area (Å²) in [6.45, 7) is 21.2. The average Bonchev–Trinajstić information content (AvgIpc) is 0.713. The van der Waals surface area contributed by atoms with Crippen LogP contribution in [0.3, 0.4) is 0 Å². The Morgan fingerprint density at radius 3 is 1.05 bits per heavy atom. The van der Waals surface area contributed by atoms with E-state index in [2.05, 4.69) is 421 Å². The van der Waals surface area contributed by atoms with Crippen LogP contribution in [0.25, 0.3) is 184 Å². The van der Waals surface area contributed by atoms with Gasteiger partial charge >= 0.3 is 0 Å². The number of thiophene rings is 2. The lowest BCUT2D eigenvalue weighted by Gasteiger charge is -2.47. The van der Waals surface area contributed by atoms with Crippen LogP contribution < -0.4 is 26.2 Å². The monoisotopic (exact) mass is 1600 g/mol. The molecule has 0 saturated carbocycles. The van der Waals surface area contributed by atoms with Crippen molar-refractivity contribution in [1.82, 2.24) is 9.13 Å². The van der Waals surface area contributed by atoms with Gasteiger partial charge in [-0.15, -0.1) is 22.7 Å². The molecule has 580 valence electrons. The Morgan fingerprint density at radius 2 is 0.615 bits per heavy atom. The molecule has 8 heteroatoms. The molecular formula is C114H83BN4OS2. The Bertz CT molecular complexity index is 7820. The normalized spacial score (nSPS) is 13.2. The summed E-state index contributed by atoms with van der Waals surface area (Å²) in [5, 5.41) is 12.2. The first kappa shape index (κ1) is 71.2. The average molecular weight is 1600 g/mol. The number of hydrogen-bond donors (Lipinski definition) is 0. The van der Waals surface area contributed by atoms with E-state index in [1.165, 1.54) is 106 Å². The van der Waals surface area contributed by atoms with Crippen LogP contribution in [0.4, 0.5) is 34.1 Å². The van der Waals surface area contributed by atoms with E-state index in [1.807, 2.05) is 22.7 Å². The zero-order chi connectivity index (χ0) is 81.7. The van der Waals surface area contributed by atoms with Crippen LogP contribution in [0.1, 0.15) is 79.0 Å². The molecule has 0 aliphatic carbocycles. The van der Waals surface area contributed by atoms with E-state index in [0.29, 0.717) is 0 Å². The van der Waals surface area contributed by atoms with Gasteiger partial charge in [0.2, 0.25) is 0 Å². The number of para-hydroxylation sites is 2. The summed E-state index contributed by atoms with van der Waals surface area (Å²) >= 11 is 3.77. The highest BCUT2D eigenvalue weighted by atomic mass is 32.1. The molecule has 0 unspecified atom stereocenters. The molecule has 0 amide bonds. The van der Waals surface area contributed by atoms with Crippen molar-refractivity contribution in [3.05, 3.63) is 356 Å². The lowest BCUT2D eigenvalue weighted by molar-refractivity contribution is 0.590. The second-order valence-electron chi connectivity index (χ2n) is 37.2. The molecule has 17 aromatic carbocycles. The van der Waals surface area contributed by atoms with Gasteiger partial charge in [0.15, 0.2) is 0 Å². The highest BCUT2D eigenvalue weighted by molar-refractivity contribution is 7.26. The molecule has 0 N–H and O–H groups in total. The number of nitrogens with zero attached hydrogens (tertiary/aromatic N) is 4. The minimum absolute atomic E-state index is 0.271. The third-order valence-corrected chi connectivity index (χ3v) is 29.1.